The zero-order valence-corrected chi connectivity index (χ0v) is 12.6. The number of hydrogen-bond acceptors (Lipinski definition) is 4. The Labute approximate surface area is 128 Å². The maximum absolute atomic E-state index is 12.2. The minimum atomic E-state index is -0.533. The van der Waals surface area contributed by atoms with Crippen molar-refractivity contribution in [2.45, 2.75) is 12.3 Å². The number of benzene rings is 1. The topological polar surface area (TPSA) is 71.6 Å². The SMILES string of the molecule is COC(=O)C1CN(C(=O)OC)CCc2c1[nH]c1ccccc21. The van der Waals surface area contributed by atoms with E-state index in [4.69, 9.17) is 9.47 Å². The highest BCUT2D eigenvalue weighted by atomic mass is 16.5. The molecule has 3 rings (SSSR count). The van der Waals surface area contributed by atoms with E-state index in [1.54, 1.807) is 4.90 Å². The monoisotopic (exact) mass is 302 g/mol. The number of hydrogen-bond donors (Lipinski definition) is 1. The number of amides is 1. The molecule has 0 bridgehead atoms. The molecule has 0 saturated carbocycles. The summed E-state index contributed by atoms with van der Waals surface area (Å²) in [7, 11) is 2.70. The van der Waals surface area contributed by atoms with Crippen LogP contribution in [0.25, 0.3) is 10.9 Å². The summed E-state index contributed by atoms with van der Waals surface area (Å²) in [6.45, 7) is 0.758. The molecule has 1 aromatic carbocycles. The average molecular weight is 302 g/mol. The number of ether oxygens (including phenoxy) is 2. The molecule has 1 aliphatic heterocycles. The van der Waals surface area contributed by atoms with Crippen molar-refractivity contribution < 1.29 is 19.1 Å². The lowest BCUT2D eigenvalue weighted by molar-refractivity contribution is -0.142. The Kier molecular flexibility index (Phi) is 3.75. The Bertz CT molecular complexity index is 722. The Balaban J connectivity index is 2.08. The lowest BCUT2D eigenvalue weighted by atomic mass is 10.00. The zero-order valence-electron chi connectivity index (χ0n) is 12.6. The van der Waals surface area contributed by atoms with Crippen LogP contribution in [-0.4, -0.2) is 49.3 Å². The number of para-hydroxylation sites is 1. The van der Waals surface area contributed by atoms with Crippen LogP contribution < -0.4 is 0 Å². The number of methoxy groups -OCH3 is 2. The summed E-state index contributed by atoms with van der Waals surface area (Å²) in [6, 6.07) is 7.92. The molecule has 1 aliphatic rings. The predicted molar refractivity (Wildman–Crippen MR) is 80.7 cm³/mol. The van der Waals surface area contributed by atoms with Gasteiger partial charge in [0.15, 0.2) is 0 Å². The molecule has 1 aromatic heterocycles. The number of aromatic amines is 1. The molecule has 6 nitrogen and oxygen atoms in total. The van der Waals surface area contributed by atoms with E-state index in [9.17, 15) is 9.59 Å². The van der Waals surface area contributed by atoms with Crippen LogP contribution in [0.2, 0.25) is 0 Å². The molecule has 0 spiro atoms. The van der Waals surface area contributed by atoms with E-state index in [2.05, 4.69) is 4.98 Å². The summed E-state index contributed by atoms with van der Waals surface area (Å²) in [5, 5.41) is 1.08. The highest BCUT2D eigenvalue weighted by Crippen LogP contribution is 2.32. The van der Waals surface area contributed by atoms with E-state index in [0.29, 0.717) is 13.0 Å². The van der Waals surface area contributed by atoms with E-state index in [0.717, 1.165) is 22.2 Å². The number of carbonyl (C=O) groups excluding carboxylic acids is 2. The number of nitrogens with one attached hydrogen (secondary N) is 1. The normalized spacial score (nSPS) is 17.7. The predicted octanol–water partition coefficient (Wildman–Crippen LogP) is 2.05. The fourth-order valence-electron chi connectivity index (χ4n) is 3.07. The van der Waals surface area contributed by atoms with Crippen molar-refractivity contribution in [3.8, 4) is 0 Å². The fourth-order valence-corrected chi connectivity index (χ4v) is 3.07. The third-order valence-corrected chi connectivity index (χ3v) is 4.15. The van der Waals surface area contributed by atoms with Gasteiger partial charge in [-0.15, -0.1) is 0 Å². The Morgan fingerprint density at radius 3 is 2.73 bits per heavy atom. The van der Waals surface area contributed by atoms with Crippen LogP contribution in [0.1, 0.15) is 17.2 Å². The van der Waals surface area contributed by atoms with Gasteiger partial charge >= 0.3 is 12.1 Å². The lowest BCUT2D eigenvalue weighted by Gasteiger charge is -2.22. The standard InChI is InChI=1S/C16H18N2O4/c1-21-15(19)12-9-18(16(20)22-2)8-7-11-10-5-3-4-6-13(10)17-14(11)12/h3-6,12,17H,7-9H2,1-2H3. The Morgan fingerprint density at radius 1 is 1.23 bits per heavy atom. The largest absolute Gasteiger partial charge is 0.468 e. The van der Waals surface area contributed by atoms with Gasteiger partial charge in [0.25, 0.3) is 0 Å². The van der Waals surface area contributed by atoms with Gasteiger partial charge in [0.05, 0.1) is 14.2 Å². The first-order valence-corrected chi connectivity index (χ1v) is 7.16. The van der Waals surface area contributed by atoms with Crippen LogP contribution in [0, 0.1) is 0 Å². The number of fused-ring (bicyclic) bond motifs is 3. The van der Waals surface area contributed by atoms with Gasteiger partial charge in [0, 0.05) is 29.7 Å². The molecule has 2 aromatic rings. The van der Waals surface area contributed by atoms with Crippen molar-refractivity contribution in [2.24, 2.45) is 0 Å². The summed E-state index contributed by atoms with van der Waals surface area (Å²) in [4.78, 5) is 28.9. The van der Waals surface area contributed by atoms with Gasteiger partial charge in [0.2, 0.25) is 0 Å². The number of rotatable bonds is 1. The van der Waals surface area contributed by atoms with Crippen molar-refractivity contribution in [2.75, 3.05) is 27.3 Å². The third-order valence-electron chi connectivity index (χ3n) is 4.15. The number of carbonyl (C=O) groups is 2. The molecule has 0 aliphatic carbocycles. The molecule has 0 fully saturated rings. The summed E-state index contributed by atoms with van der Waals surface area (Å²) in [5.74, 6) is -0.891. The summed E-state index contributed by atoms with van der Waals surface area (Å²) in [6.07, 6.45) is 0.241. The molecule has 0 saturated heterocycles. The van der Waals surface area contributed by atoms with Gasteiger partial charge in [-0.1, -0.05) is 18.2 Å². The lowest BCUT2D eigenvalue weighted by Crippen LogP contribution is -2.36. The van der Waals surface area contributed by atoms with Crippen molar-refractivity contribution in [1.82, 2.24) is 9.88 Å². The average Bonchev–Trinajstić information content (AvgIpc) is 2.81. The van der Waals surface area contributed by atoms with Crippen LogP contribution in [0.3, 0.4) is 0 Å². The van der Waals surface area contributed by atoms with Crippen LogP contribution in [0.15, 0.2) is 24.3 Å². The van der Waals surface area contributed by atoms with E-state index >= 15 is 0 Å². The van der Waals surface area contributed by atoms with Crippen molar-refractivity contribution in [1.29, 1.82) is 0 Å². The highest BCUT2D eigenvalue weighted by molar-refractivity contribution is 5.89. The van der Waals surface area contributed by atoms with E-state index in [1.807, 2.05) is 24.3 Å². The van der Waals surface area contributed by atoms with Gasteiger partial charge in [-0.2, -0.15) is 0 Å². The second-order valence-electron chi connectivity index (χ2n) is 5.30. The molecular formula is C16H18N2O4. The molecule has 0 radical (unpaired) electrons. The van der Waals surface area contributed by atoms with Gasteiger partial charge in [-0.25, -0.2) is 4.79 Å². The molecule has 1 amide bonds. The second-order valence-corrected chi connectivity index (χ2v) is 5.30. The maximum Gasteiger partial charge on any atom is 0.409 e. The van der Waals surface area contributed by atoms with Crippen LogP contribution >= 0.6 is 0 Å². The first kappa shape index (κ1) is 14.4. The van der Waals surface area contributed by atoms with Gasteiger partial charge in [0.1, 0.15) is 5.92 Å². The van der Waals surface area contributed by atoms with Crippen molar-refractivity contribution in [3.63, 3.8) is 0 Å². The summed E-state index contributed by atoms with van der Waals surface area (Å²) >= 11 is 0. The molecule has 6 heteroatoms. The molecule has 116 valence electrons. The van der Waals surface area contributed by atoms with E-state index in [-0.39, 0.29) is 12.5 Å². The van der Waals surface area contributed by atoms with Crippen LogP contribution in [0.5, 0.6) is 0 Å². The smallest absolute Gasteiger partial charge is 0.409 e. The molecule has 22 heavy (non-hydrogen) atoms. The Morgan fingerprint density at radius 2 is 2.00 bits per heavy atom. The number of esters is 1. The van der Waals surface area contributed by atoms with E-state index < -0.39 is 12.0 Å². The first-order chi connectivity index (χ1) is 10.7. The molecule has 1 unspecified atom stereocenters. The van der Waals surface area contributed by atoms with Gasteiger partial charge in [-0.3, -0.25) is 4.79 Å². The zero-order chi connectivity index (χ0) is 15.7. The van der Waals surface area contributed by atoms with Crippen molar-refractivity contribution in [3.05, 3.63) is 35.5 Å². The maximum atomic E-state index is 12.2. The minimum absolute atomic E-state index is 0.249. The number of H-pyrrole nitrogens is 1. The minimum Gasteiger partial charge on any atom is -0.468 e. The summed E-state index contributed by atoms with van der Waals surface area (Å²) < 4.78 is 9.72. The van der Waals surface area contributed by atoms with Crippen molar-refractivity contribution >= 4 is 23.0 Å². The number of nitrogens with zero attached hydrogens (tertiary/aromatic N) is 1. The Hall–Kier alpha value is -2.50. The quantitative estimate of drug-likeness (QED) is 0.818. The first-order valence-electron chi connectivity index (χ1n) is 7.16. The van der Waals surface area contributed by atoms with Crippen LogP contribution in [-0.2, 0) is 20.7 Å². The van der Waals surface area contributed by atoms with Gasteiger partial charge < -0.3 is 19.4 Å². The molecule has 1 atom stereocenters. The molecule has 1 N–H and O–H groups in total. The molecular weight excluding hydrogens is 284 g/mol. The summed E-state index contributed by atoms with van der Waals surface area (Å²) in [5.41, 5.74) is 2.89. The van der Waals surface area contributed by atoms with Crippen LogP contribution in [0.4, 0.5) is 4.79 Å². The van der Waals surface area contributed by atoms with Gasteiger partial charge in [-0.05, 0) is 18.1 Å². The second kappa shape index (κ2) is 5.71. The third kappa shape index (κ3) is 2.30. The molecule has 2 heterocycles. The van der Waals surface area contributed by atoms with E-state index in [1.165, 1.54) is 14.2 Å². The fraction of sp³-hybridized carbons (Fsp3) is 0.375. The number of aromatic nitrogens is 1. The highest BCUT2D eigenvalue weighted by Gasteiger charge is 2.33.